The molecule has 2 aromatic carbocycles. The number of thiocarbonyl (C=S) groups is 1. The lowest BCUT2D eigenvalue weighted by atomic mass is 10.0. The van der Waals surface area contributed by atoms with Crippen molar-refractivity contribution in [3.8, 4) is 0 Å². The summed E-state index contributed by atoms with van der Waals surface area (Å²) in [5.74, 6) is -0.875. The maximum absolute atomic E-state index is 11.1. The molecule has 0 unspecified atom stereocenters. The van der Waals surface area contributed by atoms with E-state index in [1.807, 2.05) is 61.5 Å². The Balaban J connectivity index is 2.06. The Morgan fingerprint density at radius 1 is 1.18 bits per heavy atom. The van der Waals surface area contributed by atoms with Crippen molar-refractivity contribution < 1.29 is 9.90 Å². The molecule has 4 nitrogen and oxygen atoms in total. The molecular formula is C17H18N2O2S. The van der Waals surface area contributed by atoms with E-state index in [1.54, 1.807) is 0 Å². The molecule has 1 atom stereocenters. The van der Waals surface area contributed by atoms with Crippen molar-refractivity contribution in [3.63, 3.8) is 0 Å². The highest BCUT2D eigenvalue weighted by Gasteiger charge is 2.16. The highest BCUT2D eigenvalue weighted by Crippen LogP contribution is 2.17. The fourth-order valence-corrected chi connectivity index (χ4v) is 2.42. The van der Waals surface area contributed by atoms with Gasteiger partial charge in [0, 0.05) is 5.69 Å². The molecule has 5 heteroatoms. The molecule has 0 saturated carbocycles. The zero-order chi connectivity index (χ0) is 15.9. The average molecular weight is 314 g/mol. The third-order valence-electron chi connectivity index (χ3n) is 3.16. The number of rotatable bonds is 5. The lowest BCUT2D eigenvalue weighted by Gasteiger charge is -2.20. The van der Waals surface area contributed by atoms with E-state index in [9.17, 15) is 4.79 Å². The van der Waals surface area contributed by atoms with Gasteiger partial charge in [-0.1, -0.05) is 42.5 Å². The highest BCUT2D eigenvalue weighted by molar-refractivity contribution is 7.80. The second-order valence-electron chi connectivity index (χ2n) is 5.03. The first-order chi connectivity index (χ1) is 10.5. The zero-order valence-corrected chi connectivity index (χ0v) is 13.1. The van der Waals surface area contributed by atoms with E-state index < -0.39 is 5.97 Å². The monoisotopic (exact) mass is 314 g/mol. The molecule has 0 radical (unpaired) electrons. The number of hydrogen-bond acceptors (Lipinski definition) is 2. The van der Waals surface area contributed by atoms with Crippen LogP contribution >= 0.6 is 12.2 Å². The summed E-state index contributed by atoms with van der Waals surface area (Å²) < 4.78 is 0. The number of carboxylic acids is 1. The van der Waals surface area contributed by atoms with Gasteiger partial charge in [0.25, 0.3) is 0 Å². The van der Waals surface area contributed by atoms with Crippen LogP contribution in [0.25, 0.3) is 0 Å². The predicted octanol–water partition coefficient (Wildman–Crippen LogP) is 3.50. The summed E-state index contributed by atoms with van der Waals surface area (Å²) in [4.78, 5) is 11.1. The number of benzene rings is 2. The molecule has 0 saturated heterocycles. The molecule has 22 heavy (non-hydrogen) atoms. The molecular weight excluding hydrogens is 296 g/mol. The number of aryl methyl sites for hydroxylation is 1. The molecule has 0 bridgehead atoms. The molecule has 2 rings (SSSR count). The van der Waals surface area contributed by atoms with Crippen LogP contribution in [0.4, 0.5) is 5.69 Å². The van der Waals surface area contributed by atoms with Crippen molar-refractivity contribution in [3.05, 3.63) is 65.7 Å². The predicted molar refractivity (Wildman–Crippen MR) is 92.0 cm³/mol. The fraction of sp³-hybridized carbons (Fsp3) is 0.176. The van der Waals surface area contributed by atoms with Gasteiger partial charge in [0.1, 0.15) is 0 Å². The Hall–Kier alpha value is -2.40. The van der Waals surface area contributed by atoms with Crippen molar-refractivity contribution >= 4 is 29.0 Å². The van der Waals surface area contributed by atoms with E-state index in [0.29, 0.717) is 5.11 Å². The number of anilines is 1. The van der Waals surface area contributed by atoms with Crippen molar-refractivity contribution in [1.29, 1.82) is 0 Å². The van der Waals surface area contributed by atoms with E-state index in [4.69, 9.17) is 17.3 Å². The molecule has 0 amide bonds. The van der Waals surface area contributed by atoms with Gasteiger partial charge in [0.2, 0.25) is 0 Å². The summed E-state index contributed by atoms with van der Waals surface area (Å²) in [7, 11) is 0. The summed E-state index contributed by atoms with van der Waals surface area (Å²) in [5, 5.41) is 15.6. The van der Waals surface area contributed by atoms with E-state index in [0.717, 1.165) is 16.8 Å². The van der Waals surface area contributed by atoms with Crippen molar-refractivity contribution in [2.75, 3.05) is 5.32 Å². The van der Waals surface area contributed by atoms with Crippen LogP contribution in [0.15, 0.2) is 54.6 Å². The van der Waals surface area contributed by atoms with Gasteiger partial charge in [-0.15, -0.1) is 0 Å². The summed E-state index contributed by atoms with van der Waals surface area (Å²) >= 11 is 5.29. The molecule has 0 aliphatic carbocycles. The van der Waals surface area contributed by atoms with Crippen LogP contribution in [0.2, 0.25) is 0 Å². The Kier molecular flexibility index (Phi) is 5.49. The standard InChI is InChI=1S/C17H18N2O2S/c1-12-6-5-9-14(10-12)18-17(22)19-15(11-16(20)21)13-7-3-2-4-8-13/h2-10,15H,11H2,1H3,(H,20,21)(H2,18,19,22)/t15-/m0/s1. The molecule has 3 N–H and O–H groups in total. The zero-order valence-electron chi connectivity index (χ0n) is 12.2. The lowest BCUT2D eigenvalue weighted by Crippen LogP contribution is -2.33. The van der Waals surface area contributed by atoms with Gasteiger partial charge >= 0.3 is 5.97 Å². The van der Waals surface area contributed by atoms with Crippen LogP contribution in [-0.4, -0.2) is 16.2 Å². The highest BCUT2D eigenvalue weighted by atomic mass is 32.1. The van der Waals surface area contributed by atoms with E-state index >= 15 is 0 Å². The number of aliphatic carboxylic acids is 1. The smallest absolute Gasteiger partial charge is 0.305 e. The lowest BCUT2D eigenvalue weighted by molar-refractivity contribution is -0.137. The van der Waals surface area contributed by atoms with Crippen LogP contribution in [0.1, 0.15) is 23.6 Å². The van der Waals surface area contributed by atoms with Crippen LogP contribution in [0.3, 0.4) is 0 Å². The van der Waals surface area contributed by atoms with Gasteiger partial charge in [0.05, 0.1) is 12.5 Å². The topological polar surface area (TPSA) is 61.4 Å². The quantitative estimate of drug-likeness (QED) is 0.737. The number of nitrogens with one attached hydrogen (secondary N) is 2. The first-order valence-corrected chi connectivity index (χ1v) is 7.36. The van der Waals surface area contributed by atoms with Crippen LogP contribution in [-0.2, 0) is 4.79 Å². The molecule has 0 aliphatic heterocycles. The minimum absolute atomic E-state index is 0.0420. The molecule has 0 heterocycles. The van der Waals surface area contributed by atoms with Crippen LogP contribution in [0.5, 0.6) is 0 Å². The first kappa shape index (κ1) is 16.0. The summed E-state index contributed by atoms with van der Waals surface area (Å²) in [6, 6.07) is 16.9. The Morgan fingerprint density at radius 2 is 1.91 bits per heavy atom. The maximum atomic E-state index is 11.1. The van der Waals surface area contributed by atoms with E-state index in [-0.39, 0.29) is 12.5 Å². The fourth-order valence-electron chi connectivity index (χ4n) is 2.16. The number of hydrogen-bond donors (Lipinski definition) is 3. The van der Waals surface area contributed by atoms with Crippen molar-refractivity contribution in [2.24, 2.45) is 0 Å². The SMILES string of the molecule is Cc1cccc(NC(=S)N[C@@H](CC(=O)O)c2ccccc2)c1. The molecule has 0 spiro atoms. The first-order valence-electron chi connectivity index (χ1n) is 6.95. The Labute approximate surface area is 135 Å². The second kappa shape index (κ2) is 7.56. The maximum Gasteiger partial charge on any atom is 0.305 e. The van der Waals surface area contributed by atoms with Gasteiger partial charge in [0.15, 0.2) is 5.11 Å². The summed E-state index contributed by atoms with van der Waals surface area (Å²) in [6.07, 6.45) is -0.0420. The summed E-state index contributed by atoms with van der Waals surface area (Å²) in [6.45, 7) is 2.00. The van der Waals surface area contributed by atoms with E-state index in [2.05, 4.69) is 10.6 Å². The molecule has 0 aromatic heterocycles. The molecule has 114 valence electrons. The molecule has 2 aromatic rings. The van der Waals surface area contributed by atoms with Gasteiger partial charge in [-0.05, 0) is 42.4 Å². The average Bonchev–Trinajstić information content (AvgIpc) is 2.47. The van der Waals surface area contributed by atoms with Gasteiger partial charge in [-0.2, -0.15) is 0 Å². The van der Waals surface area contributed by atoms with Crippen LogP contribution in [0, 0.1) is 6.92 Å². The number of carbonyl (C=O) groups is 1. The molecule has 0 fully saturated rings. The minimum Gasteiger partial charge on any atom is -0.481 e. The van der Waals surface area contributed by atoms with E-state index in [1.165, 1.54) is 0 Å². The van der Waals surface area contributed by atoms with Crippen molar-refractivity contribution in [1.82, 2.24) is 5.32 Å². The van der Waals surface area contributed by atoms with Gasteiger partial charge in [-0.3, -0.25) is 4.79 Å². The normalized spacial score (nSPS) is 11.5. The largest absolute Gasteiger partial charge is 0.481 e. The molecule has 0 aliphatic rings. The summed E-state index contributed by atoms with van der Waals surface area (Å²) in [5.41, 5.74) is 2.89. The number of carboxylic acid groups (broad SMARTS) is 1. The third-order valence-corrected chi connectivity index (χ3v) is 3.38. The minimum atomic E-state index is -0.875. The third kappa shape index (κ3) is 4.86. The Morgan fingerprint density at radius 3 is 2.55 bits per heavy atom. The van der Waals surface area contributed by atoms with Crippen LogP contribution < -0.4 is 10.6 Å². The van der Waals surface area contributed by atoms with Gasteiger partial charge < -0.3 is 15.7 Å². The van der Waals surface area contributed by atoms with Crippen molar-refractivity contribution in [2.45, 2.75) is 19.4 Å². The Bertz CT molecular complexity index is 659. The van der Waals surface area contributed by atoms with Gasteiger partial charge in [-0.25, -0.2) is 0 Å². The second-order valence-corrected chi connectivity index (χ2v) is 5.44.